The lowest BCUT2D eigenvalue weighted by Gasteiger charge is -2.25. The molecule has 1 heteroatoms. The quantitative estimate of drug-likeness (QED) is 0.703. The summed E-state index contributed by atoms with van der Waals surface area (Å²) < 4.78 is 0. The fraction of sp³-hybridized carbons (Fsp3) is 0.462. The molecule has 1 nitrogen and oxygen atoms in total. The van der Waals surface area contributed by atoms with Gasteiger partial charge in [-0.25, -0.2) is 0 Å². The van der Waals surface area contributed by atoms with Gasteiger partial charge in [0.1, 0.15) is 0 Å². The summed E-state index contributed by atoms with van der Waals surface area (Å²) in [7, 11) is 0. The van der Waals surface area contributed by atoms with Crippen molar-refractivity contribution in [3.63, 3.8) is 0 Å². The van der Waals surface area contributed by atoms with Gasteiger partial charge in [0, 0.05) is 6.54 Å². The van der Waals surface area contributed by atoms with Crippen molar-refractivity contribution >= 4 is 0 Å². The van der Waals surface area contributed by atoms with Crippen molar-refractivity contribution in [2.45, 2.75) is 25.7 Å². The van der Waals surface area contributed by atoms with Gasteiger partial charge in [0.15, 0.2) is 0 Å². The maximum atomic E-state index is 3.42. The molecule has 14 heavy (non-hydrogen) atoms. The molecule has 1 saturated heterocycles. The molecule has 0 N–H and O–H groups in total. The summed E-state index contributed by atoms with van der Waals surface area (Å²) in [6.45, 7) is 5.75. The first-order chi connectivity index (χ1) is 6.95. The Hall–Kier alpha value is -0.820. The van der Waals surface area contributed by atoms with E-state index in [4.69, 9.17) is 0 Å². The van der Waals surface area contributed by atoms with Crippen molar-refractivity contribution in [1.29, 1.82) is 0 Å². The molecule has 2 radical (unpaired) electrons. The van der Waals surface area contributed by atoms with Crippen LogP contribution in [0.2, 0.25) is 0 Å². The maximum Gasteiger partial charge on any atom is 0.0615 e. The van der Waals surface area contributed by atoms with E-state index in [-0.39, 0.29) is 0 Å². The van der Waals surface area contributed by atoms with E-state index >= 15 is 0 Å². The van der Waals surface area contributed by atoms with Gasteiger partial charge in [0.25, 0.3) is 0 Å². The molecule has 0 unspecified atom stereocenters. The van der Waals surface area contributed by atoms with Crippen LogP contribution in [0.15, 0.2) is 30.3 Å². The Kier molecular flexibility index (Phi) is 3.58. The first-order valence-electron chi connectivity index (χ1n) is 5.47. The SMILES string of the molecule is [C]1CCCCN1CCc1ccccc1. The van der Waals surface area contributed by atoms with Gasteiger partial charge >= 0.3 is 0 Å². The van der Waals surface area contributed by atoms with E-state index in [0.717, 1.165) is 19.4 Å². The molecule has 1 aliphatic heterocycles. The van der Waals surface area contributed by atoms with Crippen molar-refractivity contribution in [3.8, 4) is 0 Å². The molecule has 0 saturated carbocycles. The van der Waals surface area contributed by atoms with E-state index in [1.54, 1.807) is 0 Å². The Labute approximate surface area is 86.7 Å². The van der Waals surface area contributed by atoms with Crippen LogP contribution in [0.25, 0.3) is 0 Å². The summed E-state index contributed by atoms with van der Waals surface area (Å²) >= 11 is 0. The Balaban J connectivity index is 1.76. The molecular weight excluding hydrogens is 170 g/mol. The van der Waals surface area contributed by atoms with Gasteiger partial charge in [-0.2, -0.15) is 0 Å². The van der Waals surface area contributed by atoms with Gasteiger partial charge in [0.2, 0.25) is 0 Å². The van der Waals surface area contributed by atoms with E-state index in [9.17, 15) is 0 Å². The lowest BCUT2D eigenvalue weighted by molar-refractivity contribution is 0.285. The molecule has 0 bridgehead atoms. The minimum atomic E-state index is 1.13. The predicted octanol–water partition coefficient (Wildman–Crippen LogP) is 2.75. The number of likely N-dealkylation sites (tertiary alicyclic amines) is 1. The number of hydrogen-bond acceptors (Lipinski definition) is 1. The summed E-state index contributed by atoms with van der Waals surface area (Å²) in [5.41, 5.74) is 1.43. The van der Waals surface area contributed by atoms with Crippen molar-refractivity contribution < 1.29 is 0 Å². The third-order valence-corrected chi connectivity index (χ3v) is 2.70. The third-order valence-electron chi connectivity index (χ3n) is 2.70. The van der Waals surface area contributed by atoms with Crippen LogP contribution >= 0.6 is 0 Å². The van der Waals surface area contributed by atoms with Crippen molar-refractivity contribution in [2.75, 3.05) is 13.1 Å². The maximum absolute atomic E-state index is 3.42. The molecule has 0 aromatic heterocycles. The fourth-order valence-corrected chi connectivity index (χ4v) is 1.84. The van der Waals surface area contributed by atoms with Crippen LogP contribution in [0.4, 0.5) is 0 Å². The van der Waals surface area contributed by atoms with Crippen LogP contribution in [-0.4, -0.2) is 18.0 Å². The minimum absolute atomic E-state index is 1.13. The van der Waals surface area contributed by atoms with Crippen LogP contribution < -0.4 is 0 Å². The lowest BCUT2D eigenvalue weighted by Crippen LogP contribution is -2.27. The average molecular weight is 187 g/mol. The van der Waals surface area contributed by atoms with E-state index in [0.29, 0.717) is 0 Å². The highest BCUT2D eigenvalue weighted by atomic mass is 15.1. The predicted molar refractivity (Wildman–Crippen MR) is 58.8 cm³/mol. The molecule has 1 fully saturated rings. The van der Waals surface area contributed by atoms with Gasteiger partial charge in [-0.1, -0.05) is 36.8 Å². The van der Waals surface area contributed by atoms with E-state index in [1.165, 1.54) is 24.9 Å². The molecular formula is C13H17N. The Morgan fingerprint density at radius 3 is 2.71 bits per heavy atom. The lowest BCUT2D eigenvalue weighted by atomic mass is 10.1. The molecule has 1 aromatic rings. The number of nitrogens with zero attached hydrogens (tertiary/aromatic N) is 1. The zero-order valence-electron chi connectivity index (χ0n) is 8.58. The van der Waals surface area contributed by atoms with E-state index < -0.39 is 0 Å². The molecule has 1 heterocycles. The molecule has 0 atom stereocenters. The number of hydrogen-bond donors (Lipinski definition) is 0. The van der Waals surface area contributed by atoms with Crippen LogP contribution in [-0.2, 0) is 6.42 Å². The van der Waals surface area contributed by atoms with Crippen LogP contribution in [0.1, 0.15) is 24.8 Å². The zero-order valence-corrected chi connectivity index (χ0v) is 8.58. The molecule has 0 spiro atoms. The van der Waals surface area contributed by atoms with E-state index in [2.05, 4.69) is 41.8 Å². The first kappa shape index (κ1) is 9.72. The van der Waals surface area contributed by atoms with Gasteiger partial charge in [-0.3, -0.25) is 4.90 Å². The molecule has 74 valence electrons. The van der Waals surface area contributed by atoms with Crippen LogP contribution in [0, 0.1) is 6.54 Å². The summed E-state index contributed by atoms with van der Waals surface area (Å²) in [6, 6.07) is 10.7. The Morgan fingerprint density at radius 1 is 1.14 bits per heavy atom. The van der Waals surface area contributed by atoms with Gasteiger partial charge in [0.05, 0.1) is 6.54 Å². The second kappa shape index (κ2) is 5.16. The normalized spacial score (nSPS) is 18.3. The minimum Gasteiger partial charge on any atom is -0.294 e. The highest BCUT2D eigenvalue weighted by molar-refractivity contribution is 5.14. The van der Waals surface area contributed by atoms with E-state index in [1.807, 2.05) is 0 Å². The van der Waals surface area contributed by atoms with Crippen molar-refractivity contribution in [1.82, 2.24) is 4.90 Å². The topological polar surface area (TPSA) is 3.24 Å². The van der Waals surface area contributed by atoms with Gasteiger partial charge in [-0.05, 0) is 31.4 Å². The Morgan fingerprint density at radius 2 is 2.00 bits per heavy atom. The summed E-state index contributed by atoms with van der Waals surface area (Å²) in [5, 5.41) is 0. The van der Waals surface area contributed by atoms with Crippen molar-refractivity contribution in [3.05, 3.63) is 42.4 Å². The molecule has 1 aromatic carbocycles. The second-order valence-electron chi connectivity index (χ2n) is 3.84. The summed E-state index contributed by atoms with van der Waals surface area (Å²) in [5.74, 6) is 0. The molecule has 1 aliphatic rings. The first-order valence-corrected chi connectivity index (χ1v) is 5.47. The Bertz CT molecular complexity index is 249. The summed E-state index contributed by atoms with van der Waals surface area (Å²) in [4.78, 5) is 2.34. The third kappa shape index (κ3) is 2.85. The number of piperidine rings is 1. The zero-order chi connectivity index (χ0) is 9.64. The number of rotatable bonds is 3. The van der Waals surface area contributed by atoms with Gasteiger partial charge in [-0.15, -0.1) is 0 Å². The largest absolute Gasteiger partial charge is 0.294 e. The standard InChI is InChI=1S/C13H17N/c1-3-7-13(8-4-1)9-12-14-10-5-2-6-11-14/h1,3-4,7-8H,2,5-6,9-10,12H2. The second-order valence-corrected chi connectivity index (χ2v) is 3.84. The fourth-order valence-electron chi connectivity index (χ4n) is 1.84. The number of benzene rings is 1. The van der Waals surface area contributed by atoms with Crippen LogP contribution in [0.5, 0.6) is 0 Å². The van der Waals surface area contributed by atoms with Crippen molar-refractivity contribution in [2.24, 2.45) is 0 Å². The monoisotopic (exact) mass is 187 g/mol. The molecule has 0 amide bonds. The molecule has 2 rings (SSSR count). The smallest absolute Gasteiger partial charge is 0.0615 e. The highest BCUT2D eigenvalue weighted by Crippen LogP contribution is 2.13. The van der Waals surface area contributed by atoms with Crippen LogP contribution in [0.3, 0.4) is 0 Å². The highest BCUT2D eigenvalue weighted by Gasteiger charge is 2.10. The molecule has 0 aliphatic carbocycles. The summed E-state index contributed by atoms with van der Waals surface area (Å²) in [6.07, 6.45) is 4.95. The average Bonchev–Trinajstić information content (AvgIpc) is 2.29. The van der Waals surface area contributed by atoms with Gasteiger partial charge < -0.3 is 0 Å².